The highest BCUT2D eigenvalue weighted by molar-refractivity contribution is 6.30. The zero-order valence-electron chi connectivity index (χ0n) is 11.9. The fourth-order valence-electron chi connectivity index (χ4n) is 2.52. The summed E-state index contributed by atoms with van der Waals surface area (Å²) in [6, 6.07) is 7.35. The van der Waals surface area contributed by atoms with Gasteiger partial charge >= 0.3 is 0 Å². The number of hydrogen-bond acceptors (Lipinski definition) is 5. The molecule has 116 valence electrons. The Labute approximate surface area is 133 Å². The Morgan fingerprint density at radius 2 is 1.82 bits per heavy atom. The molecule has 1 fully saturated rings. The molecule has 1 aromatic carbocycles. The van der Waals surface area contributed by atoms with Crippen LogP contribution >= 0.6 is 11.6 Å². The first-order valence-electron chi connectivity index (χ1n) is 7.21. The SMILES string of the molecule is OC1(O)CCC(Oc2cnc(-c3cccc(Cl)c3)nc2)CC1. The van der Waals surface area contributed by atoms with Crippen molar-refractivity contribution in [3.05, 3.63) is 41.7 Å². The first-order chi connectivity index (χ1) is 10.5. The summed E-state index contributed by atoms with van der Waals surface area (Å²) >= 11 is 5.96. The van der Waals surface area contributed by atoms with E-state index in [9.17, 15) is 10.2 Å². The van der Waals surface area contributed by atoms with E-state index in [1.54, 1.807) is 24.5 Å². The summed E-state index contributed by atoms with van der Waals surface area (Å²) in [4.78, 5) is 8.58. The number of aromatic nitrogens is 2. The van der Waals surface area contributed by atoms with Gasteiger partial charge in [-0.3, -0.25) is 0 Å². The number of ether oxygens (including phenoxy) is 1. The van der Waals surface area contributed by atoms with Crippen molar-refractivity contribution in [2.24, 2.45) is 0 Å². The molecule has 0 bridgehead atoms. The van der Waals surface area contributed by atoms with Gasteiger partial charge in [-0.15, -0.1) is 0 Å². The first kappa shape index (κ1) is 15.2. The van der Waals surface area contributed by atoms with Crippen LogP contribution in [0.15, 0.2) is 36.7 Å². The quantitative estimate of drug-likeness (QED) is 0.851. The van der Waals surface area contributed by atoms with Gasteiger partial charge in [0, 0.05) is 23.4 Å². The zero-order chi connectivity index (χ0) is 15.6. The summed E-state index contributed by atoms with van der Waals surface area (Å²) in [7, 11) is 0. The van der Waals surface area contributed by atoms with Crippen molar-refractivity contribution in [3.63, 3.8) is 0 Å². The molecule has 0 atom stereocenters. The van der Waals surface area contributed by atoms with E-state index in [1.807, 2.05) is 12.1 Å². The Kier molecular flexibility index (Phi) is 4.29. The molecular weight excluding hydrogens is 304 g/mol. The molecule has 2 aromatic rings. The maximum Gasteiger partial charge on any atom is 0.162 e. The molecule has 0 unspecified atom stereocenters. The smallest absolute Gasteiger partial charge is 0.162 e. The highest BCUT2D eigenvalue weighted by atomic mass is 35.5. The predicted molar refractivity (Wildman–Crippen MR) is 82.5 cm³/mol. The lowest BCUT2D eigenvalue weighted by Crippen LogP contribution is -2.37. The van der Waals surface area contributed by atoms with E-state index in [1.165, 1.54) is 0 Å². The van der Waals surface area contributed by atoms with Crippen LogP contribution in [0.3, 0.4) is 0 Å². The minimum Gasteiger partial charge on any atom is -0.487 e. The topological polar surface area (TPSA) is 75.5 Å². The van der Waals surface area contributed by atoms with E-state index in [0.29, 0.717) is 42.3 Å². The predicted octanol–water partition coefficient (Wildman–Crippen LogP) is 2.80. The molecule has 1 heterocycles. The van der Waals surface area contributed by atoms with Crippen LogP contribution < -0.4 is 4.74 Å². The lowest BCUT2D eigenvalue weighted by atomic mass is 9.92. The highest BCUT2D eigenvalue weighted by Crippen LogP contribution is 2.29. The minimum atomic E-state index is -1.55. The number of benzene rings is 1. The lowest BCUT2D eigenvalue weighted by molar-refractivity contribution is -0.189. The first-order valence-corrected chi connectivity index (χ1v) is 7.59. The van der Waals surface area contributed by atoms with Gasteiger partial charge in [0.2, 0.25) is 0 Å². The molecule has 1 saturated carbocycles. The van der Waals surface area contributed by atoms with Crippen molar-refractivity contribution in [2.45, 2.75) is 37.6 Å². The van der Waals surface area contributed by atoms with Gasteiger partial charge in [0.25, 0.3) is 0 Å². The largest absolute Gasteiger partial charge is 0.487 e. The van der Waals surface area contributed by atoms with Crippen molar-refractivity contribution >= 4 is 11.6 Å². The van der Waals surface area contributed by atoms with Crippen molar-refractivity contribution in [2.75, 3.05) is 0 Å². The summed E-state index contributed by atoms with van der Waals surface area (Å²) in [5, 5.41) is 19.7. The molecule has 0 amide bonds. The summed E-state index contributed by atoms with van der Waals surface area (Å²) in [6.07, 6.45) is 5.06. The minimum absolute atomic E-state index is 0.0342. The fraction of sp³-hybridized carbons (Fsp3) is 0.375. The maximum atomic E-state index is 9.51. The van der Waals surface area contributed by atoms with Gasteiger partial charge in [-0.1, -0.05) is 23.7 Å². The summed E-state index contributed by atoms with van der Waals surface area (Å²) in [6.45, 7) is 0. The monoisotopic (exact) mass is 320 g/mol. The van der Waals surface area contributed by atoms with Gasteiger partial charge in [-0.2, -0.15) is 0 Å². The zero-order valence-corrected chi connectivity index (χ0v) is 12.7. The molecule has 2 N–H and O–H groups in total. The van der Waals surface area contributed by atoms with Crippen LogP contribution in [0.4, 0.5) is 0 Å². The number of nitrogens with zero attached hydrogens (tertiary/aromatic N) is 2. The molecule has 1 aliphatic rings. The van der Waals surface area contributed by atoms with Gasteiger partial charge in [0.1, 0.15) is 0 Å². The fourth-order valence-corrected chi connectivity index (χ4v) is 2.71. The molecule has 0 aliphatic heterocycles. The van der Waals surface area contributed by atoms with E-state index in [0.717, 1.165) is 5.56 Å². The van der Waals surface area contributed by atoms with Gasteiger partial charge < -0.3 is 14.9 Å². The number of rotatable bonds is 3. The standard InChI is InChI=1S/C16H17ClN2O3/c17-12-3-1-2-11(8-12)15-18-9-14(10-19-15)22-13-4-6-16(20,21)7-5-13/h1-3,8-10,13,20-21H,4-7H2. The van der Waals surface area contributed by atoms with Crippen LogP contribution in [0.5, 0.6) is 5.75 Å². The van der Waals surface area contributed by atoms with Crippen molar-refractivity contribution in [1.82, 2.24) is 9.97 Å². The van der Waals surface area contributed by atoms with Crippen molar-refractivity contribution < 1.29 is 14.9 Å². The second-order valence-corrected chi connectivity index (χ2v) is 5.99. The average Bonchev–Trinajstić information content (AvgIpc) is 2.50. The van der Waals surface area contributed by atoms with Gasteiger partial charge in [-0.25, -0.2) is 9.97 Å². The van der Waals surface area contributed by atoms with Crippen molar-refractivity contribution in [1.29, 1.82) is 0 Å². The van der Waals surface area contributed by atoms with Crippen LogP contribution in [-0.4, -0.2) is 32.1 Å². The van der Waals surface area contributed by atoms with E-state index in [-0.39, 0.29) is 6.10 Å². The van der Waals surface area contributed by atoms with Crippen molar-refractivity contribution in [3.8, 4) is 17.1 Å². The molecule has 5 nitrogen and oxygen atoms in total. The van der Waals surface area contributed by atoms with Crippen LogP contribution in [0, 0.1) is 0 Å². The van der Waals surface area contributed by atoms with E-state index < -0.39 is 5.79 Å². The van der Waals surface area contributed by atoms with Gasteiger partial charge in [0.05, 0.1) is 18.5 Å². The van der Waals surface area contributed by atoms with Gasteiger partial charge in [-0.05, 0) is 25.0 Å². The Bertz CT molecular complexity index is 636. The normalized spacial score (nSPS) is 18.1. The Hall–Kier alpha value is -1.69. The second kappa shape index (κ2) is 6.20. The van der Waals surface area contributed by atoms with E-state index >= 15 is 0 Å². The molecule has 1 aromatic heterocycles. The van der Waals surface area contributed by atoms with Crippen LogP contribution in [0.2, 0.25) is 5.02 Å². The van der Waals surface area contributed by atoms with E-state index in [2.05, 4.69) is 9.97 Å². The summed E-state index contributed by atoms with van der Waals surface area (Å²) in [5.41, 5.74) is 0.849. The Balaban J connectivity index is 1.65. The third kappa shape index (κ3) is 3.74. The molecule has 0 radical (unpaired) electrons. The van der Waals surface area contributed by atoms with E-state index in [4.69, 9.17) is 16.3 Å². The third-order valence-electron chi connectivity index (χ3n) is 3.75. The molecule has 6 heteroatoms. The highest BCUT2D eigenvalue weighted by Gasteiger charge is 2.31. The molecule has 0 spiro atoms. The van der Waals surface area contributed by atoms with Gasteiger partial charge in [0.15, 0.2) is 17.4 Å². The Morgan fingerprint density at radius 3 is 2.45 bits per heavy atom. The third-order valence-corrected chi connectivity index (χ3v) is 3.98. The molecule has 22 heavy (non-hydrogen) atoms. The number of aliphatic hydroxyl groups is 2. The number of halogens is 1. The van der Waals surface area contributed by atoms with Crippen LogP contribution in [0.1, 0.15) is 25.7 Å². The molecule has 0 saturated heterocycles. The average molecular weight is 321 g/mol. The molecule has 3 rings (SSSR count). The summed E-state index contributed by atoms with van der Waals surface area (Å²) < 4.78 is 5.79. The maximum absolute atomic E-state index is 9.51. The number of hydrogen-bond donors (Lipinski definition) is 2. The molecule has 1 aliphatic carbocycles. The van der Waals surface area contributed by atoms with Crippen LogP contribution in [-0.2, 0) is 0 Å². The lowest BCUT2D eigenvalue weighted by Gasteiger charge is -2.31. The molecular formula is C16H17ClN2O3. The van der Waals surface area contributed by atoms with Crippen LogP contribution in [0.25, 0.3) is 11.4 Å². The second-order valence-electron chi connectivity index (χ2n) is 5.55. The summed E-state index contributed by atoms with van der Waals surface area (Å²) in [5.74, 6) is -0.380. The Morgan fingerprint density at radius 1 is 1.14 bits per heavy atom.